The van der Waals surface area contributed by atoms with Gasteiger partial charge in [-0.25, -0.2) is 0 Å². The molecule has 2 heteroatoms. The first-order valence-corrected chi connectivity index (χ1v) is 9.65. The summed E-state index contributed by atoms with van der Waals surface area (Å²) in [6, 6.07) is 29.1. The van der Waals surface area contributed by atoms with Gasteiger partial charge in [0.2, 0.25) is 0 Å². The van der Waals surface area contributed by atoms with E-state index in [1.807, 2.05) is 24.3 Å². The van der Waals surface area contributed by atoms with E-state index < -0.39 is 5.60 Å². The fraction of sp³-hybridized carbons (Fsp3) is 0.280. The highest BCUT2D eigenvalue weighted by atomic mass is 16.5. The average molecular weight is 358 g/mol. The summed E-state index contributed by atoms with van der Waals surface area (Å²) in [6.07, 6.45) is 2.55. The van der Waals surface area contributed by atoms with E-state index in [4.69, 9.17) is 4.74 Å². The summed E-state index contributed by atoms with van der Waals surface area (Å²) >= 11 is 0. The smallest absolute Gasteiger partial charge is 0.118 e. The Morgan fingerprint density at radius 2 is 1.22 bits per heavy atom. The third-order valence-electron chi connectivity index (χ3n) is 5.91. The van der Waals surface area contributed by atoms with Crippen LogP contribution in [0.3, 0.4) is 0 Å². The molecule has 1 fully saturated rings. The van der Waals surface area contributed by atoms with Crippen molar-refractivity contribution in [2.24, 2.45) is 0 Å². The molecule has 2 atom stereocenters. The molecule has 3 aromatic carbocycles. The molecule has 0 spiro atoms. The molecule has 2 unspecified atom stereocenters. The maximum atomic E-state index is 11.7. The lowest BCUT2D eigenvalue weighted by Gasteiger charge is -2.42. The number of aliphatic hydroxyl groups is 1. The maximum Gasteiger partial charge on any atom is 0.118 e. The Hall–Kier alpha value is -2.58. The fourth-order valence-electron chi connectivity index (χ4n) is 4.50. The molecule has 1 saturated carbocycles. The van der Waals surface area contributed by atoms with Crippen LogP contribution in [0.25, 0.3) is 0 Å². The average Bonchev–Trinajstić information content (AvgIpc) is 2.75. The lowest BCUT2D eigenvalue weighted by Crippen LogP contribution is -2.35. The lowest BCUT2D eigenvalue weighted by molar-refractivity contribution is -0.0164. The SMILES string of the molecule is COc1ccc(C2(O)CC(c3ccccc3)CC(c3ccccc3)C2)cc1. The molecule has 0 aromatic heterocycles. The molecule has 138 valence electrons. The minimum Gasteiger partial charge on any atom is -0.497 e. The Kier molecular flexibility index (Phi) is 5.00. The zero-order chi connectivity index (χ0) is 18.7. The van der Waals surface area contributed by atoms with Crippen molar-refractivity contribution in [3.8, 4) is 5.75 Å². The van der Waals surface area contributed by atoms with E-state index >= 15 is 0 Å². The second kappa shape index (κ2) is 7.58. The largest absolute Gasteiger partial charge is 0.497 e. The van der Waals surface area contributed by atoms with Crippen LogP contribution in [0.1, 0.15) is 47.8 Å². The first-order chi connectivity index (χ1) is 13.2. The van der Waals surface area contributed by atoms with Gasteiger partial charge >= 0.3 is 0 Å². The van der Waals surface area contributed by atoms with E-state index in [-0.39, 0.29) is 0 Å². The summed E-state index contributed by atoms with van der Waals surface area (Å²) < 4.78 is 5.29. The summed E-state index contributed by atoms with van der Waals surface area (Å²) in [7, 11) is 1.67. The van der Waals surface area contributed by atoms with E-state index in [2.05, 4.69) is 60.7 Å². The van der Waals surface area contributed by atoms with Crippen LogP contribution < -0.4 is 4.74 Å². The summed E-state index contributed by atoms with van der Waals surface area (Å²) in [4.78, 5) is 0. The van der Waals surface area contributed by atoms with Gasteiger partial charge in [0.15, 0.2) is 0 Å². The maximum absolute atomic E-state index is 11.7. The highest BCUT2D eigenvalue weighted by molar-refractivity contribution is 5.34. The van der Waals surface area contributed by atoms with Gasteiger partial charge in [0, 0.05) is 0 Å². The van der Waals surface area contributed by atoms with Crippen LogP contribution in [0.4, 0.5) is 0 Å². The molecular weight excluding hydrogens is 332 g/mol. The molecule has 3 aromatic rings. The van der Waals surface area contributed by atoms with Crippen LogP contribution in [0.5, 0.6) is 5.75 Å². The number of rotatable bonds is 4. The quantitative estimate of drug-likeness (QED) is 0.654. The molecule has 1 aliphatic carbocycles. The fourth-order valence-corrected chi connectivity index (χ4v) is 4.50. The molecular formula is C25H26O2. The third kappa shape index (κ3) is 3.77. The van der Waals surface area contributed by atoms with Gasteiger partial charge in [-0.15, -0.1) is 0 Å². The van der Waals surface area contributed by atoms with Crippen molar-refractivity contribution < 1.29 is 9.84 Å². The van der Waals surface area contributed by atoms with Crippen LogP contribution in [-0.4, -0.2) is 12.2 Å². The monoisotopic (exact) mass is 358 g/mol. The van der Waals surface area contributed by atoms with E-state index in [0.717, 1.165) is 30.6 Å². The Labute approximate surface area is 161 Å². The van der Waals surface area contributed by atoms with Crippen molar-refractivity contribution >= 4 is 0 Å². The van der Waals surface area contributed by atoms with Gasteiger partial charge in [-0.05, 0) is 59.9 Å². The summed E-state index contributed by atoms with van der Waals surface area (Å²) in [5.74, 6) is 1.48. The second-order valence-corrected chi connectivity index (χ2v) is 7.62. The Morgan fingerprint density at radius 1 is 0.741 bits per heavy atom. The molecule has 1 aliphatic rings. The molecule has 0 bridgehead atoms. The van der Waals surface area contributed by atoms with Crippen molar-refractivity contribution in [2.75, 3.05) is 7.11 Å². The van der Waals surface area contributed by atoms with Crippen molar-refractivity contribution in [2.45, 2.75) is 36.7 Å². The van der Waals surface area contributed by atoms with Crippen molar-refractivity contribution in [3.63, 3.8) is 0 Å². The van der Waals surface area contributed by atoms with Crippen LogP contribution in [0, 0.1) is 0 Å². The highest BCUT2D eigenvalue weighted by Crippen LogP contribution is 2.50. The molecule has 4 rings (SSSR count). The predicted octanol–water partition coefficient (Wildman–Crippen LogP) is 5.63. The van der Waals surface area contributed by atoms with Gasteiger partial charge < -0.3 is 9.84 Å². The first-order valence-electron chi connectivity index (χ1n) is 9.65. The number of hydrogen-bond acceptors (Lipinski definition) is 2. The molecule has 1 N–H and O–H groups in total. The Bertz CT molecular complexity index is 808. The first kappa shape index (κ1) is 17.8. The number of benzene rings is 3. The molecule has 0 heterocycles. The third-order valence-corrected chi connectivity index (χ3v) is 5.91. The van der Waals surface area contributed by atoms with Gasteiger partial charge in [-0.3, -0.25) is 0 Å². The van der Waals surface area contributed by atoms with Gasteiger partial charge in [-0.1, -0.05) is 72.8 Å². The van der Waals surface area contributed by atoms with E-state index in [0.29, 0.717) is 11.8 Å². The van der Waals surface area contributed by atoms with Gasteiger partial charge in [-0.2, -0.15) is 0 Å². The van der Waals surface area contributed by atoms with Crippen molar-refractivity contribution in [1.82, 2.24) is 0 Å². The summed E-state index contributed by atoms with van der Waals surface area (Å²) in [5, 5.41) is 11.7. The van der Waals surface area contributed by atoms with Crippen LogP contribution in [0.15, 0.2) is 84.9 Å². The van der Waals surface area contributed by atoms with Gasteiger partial charge in [0.1, 0.15) is 5.75 Å². The Morgan fingerprint density at radius 3 is 1.67 bits per heavy atom. The Balaban J connectivity index is 1.71. The molecule has 0 saturated heterocycles. The predicted molar refractivity (Wildman–Crippen MR) is 109 cm³/mol. The molecule has 27 heavy (non-hydrogen) atoms. The zero-order valence-electron chi connectivity index (χ0n) is 15.7. The number of ether oxygens (including phenoxy) is 1. The molecule has 0 amide bonds. The standard InChI is InChI=1S/C25H26O2/c1-27-24-14-12-23(13-15-24)25(26)17-21(19-8-4-2-5-9-19)16-22(18-25)20-10-6-3-7-11-20/h2-15,21-22,26H,16-18H2,1H3. The number of methoxy groups -OCH3 is 1. The summed E-state index contributed by atoms with van der Waals surface area (Å²) in [6.45, 7) is 0. The van der Waals surface area contributed by atoms with Crippen molar-refractivity contribution in [1.29, 1.82) is 0 Å². The second-order valence-electron chi connectivity index (χ2n) is 7.62. The lowest BCUT2D eigenvalue weighted by atomic mass is 9.66. The summed E-state index contributed by atoms with van der Waals surface area (Å²) in [5.41, 5.74) is 2.76. The van der Waals surface area contributed by atoms with Gasteiger partial charge in [0.25, 0.3) is 0 Å². The van der Waals surface area contributed by atoms with Gasteiger partial charge in [0.05, 0.1) is 12.7 Å². The van der Waals surface area contributed by atoms with Crippen molar-refractivity contribution in [3.05, 3.63) is 102 Å². The van der Waals surface area contributed by atoms with Crippen LogP contribution in [0.2, 0.25) is 0 Å². The minimum absolute atomic E-state index is 0.331. The highest BCUT2D eigenvalue weighted by Gasteiger charge is 2.41. The molecule has 2 nitrogen and oxygen atoms in total. The molecule has 0 radical (unpaired) electrons. The van der Waals surface area contributed by atoms with Crippen LogP contribution >= 0.6 is 0 Å². The molecule has 0 aliphatic heterocycles. The van der Waals surface area contributed by atoms with E-state index in [1.54, 1.807) is 7.11 Å². The topological polar surface area (TPSA) is 29.5 Å². The number of hydrogen-bond donors (Lipinski definition) is 1. The van der Waals surface area contributed by atoms with E-state index in [1.165, 1.54) is 11.1 Å². The van der Waals surface area contributed by atoms with Crippen LogP contribution in [-0.2, 0) is 5.60 Å². The zero-order valence-corrected chi connectivity index (χ0v) is 15.7. The normalized spacial score (nSPS) is 25.1. The van der Waals surface area contributed by atoms with E-state index in [9.17, 15) is 5.11 Å². The minimum atomic E-state index is -0.842.